The number of aromatic nitrogens is 4. The van der Waals surface area contributed by atoms with Gasteiger partial charge in [-0.3, -0.25) is 14.6 Å². The quantitative estimate of drug-likeness (QED) is 0.456. The lowest BCUT2D eigenvalue weighted by Gasteiger charge is -2.44. The molecule has 0 bridgehead atoms. The van der Waals surface area contributed by atoms with E-state index in [2.05, 4.69) is 32.6 Å². The lowest BCUT2D eigenvalue weighted by atomic mass is 9.72. The summed E-state index contributed by atoms with van der Waals surface area (Å²) in [4.78, 5) is 33.7. The number of methoxy groups -OCH3 is 1. The minimum atomic E-state index is -0.307. The molecule has 2 amide bonds. The van der Waals surface area contributed by atoms with Crippen molar-refractivity contribution in [3.63, 3.8) is 0 Å². The maximum Gasteiger partial charge on any atom is 0.270 e. The van der Waals surface area contributed by atoms with Gasteiger partial charge in [-0.1, -0.05) is 42.5 Å². The maximum atomic E-state index is 13.1. The number of ether oxygens (including phenoxy) is 1. The van der Waals surface area contributed by atoms with Gasteiger partial charge in [0.25, 0.3) is 5.91 Å². The van der Waals surface area contributed by atoms with Crippen LogP contribution in [0.3, 0.4) is 0 Å². The van der Waals surface area contributed by atoms with Crippen LogP contribution in [0.15, 0.2) is 72.9 Å². The predicted octanol–water partition coefficient (Wildman–Crippen LogP) is 2.89. The predicted molar refractivity (Wildman–Crippen MR) is 137 cm³/mol. The summed E-state index contributed by atoms with van der Waals surface area (Å²) in [5.41, 5.74) is 3.86. The molecule has 0 saturated carbocycles. The Hall–Kier alpha value is -4.11. The van der Waals surface area contributed by atoms with E-state index in [-0.39, 0.29) is 35.9 Å². The van der Waals surface area contributed by atoms with Gasteiger partial charge in [0.05, 0.1) is 12.1 Å². The molecular formula is C28H28N6O3. The number of hydrogen-bond donors (Lipinski definition) is 1. The molecule has 1 spiro atoms. The Morgan fingerprint density at radius 2 is 1.65 bits per heavy atom. The van der Waals surface area contributed by atoms with Gasteiger partial charge >= 0.3 is 0 Å². The summed E-state index contributed by atoms with van der Waals surface area (Å²) in [6.07, 6.45) is 2.83. The van der Waals surface area contributed by atoms with Crippen molar-refractivity contribution >= 4 is 22.8 Å². The molecule has 2 aliphatic rings. The van der Waals surface area contributed by atoms with Crippen molar-refractivity contribution in [2.45, 2.75) is 36.9 Å². The van der Waals surface area contributed by atoms with E-state index in [0.717, 1.165) is 29.4 Å². The number of benzene rings is 2. The van der Waals surface area contributed by atoms with E-state index in [9.17, 15) is 9.59 Å². The van der Waals surface area contributed by atoms with Gasteiger partial charge in [0.15, 0.2) is 0 Å². The number of carbonyl (C=O) groups is 2. The van der Waals surface area contributed by atoms with Gasteiger partial charge in [-0.2, -0.15) is 15.0 Å². The molecule has 6 rings (SSSR count). The van der Waals surface area contributed by atoms with Crippen LogP contribution in [0.1, 0.15) is 40.5 Å². The van der Waals surface area contributed by atoms with Crippen LogP contribution in [0.2, 0.25) is 0 Å². The van der Waals surface area contributed by atoms with Gasteiger partial charge in [-0.25, -0.2) is 0 Å². The number of likely N-dealkylation sites (tertiary alicyclic amines) is 1. The number of pyridine rings is 1. The minimum Gasteiger partial charge on any atom is -0.378 e. The summed E-state index contributed by atoms with van der Waals surface area (Å²) >= 11 is 0. The molecule has 0 radical (unpaired) electrons. The molecule has 2 aromatic heterocycles. The van der Waals surface area contributed by atoms with Crippen molar-refractivity contribution < 1.29 is 14.3 Å². The maximum absolute atomic E-state index is 13.1. The minimum absolute atomic E-state index is 0.00425. The highest BCUT2D eigenvalue weighted by Crippen LogP contribution is 2.52. The Morgan fingerprint density at radius 3 is 2.32 bits per heavy atom. The van der Waals surface area contributed by atoms with Crippen molar-refractivity contribution in [1.82, 2.24) is 30.2 Å². The summed E-state index contributed by atoms with van der Waals surface area (Å²) in [5.74, 6) is -0.235. The van der Waals surface area contributed by atoms with E-state index in [0.29, 0.717) is 18.8 Å². The molecule has 1 aliphatic carbocycles. The van der Waals surface area contributed by atoms with Crippen LogP contribution >= 0.6 is 0 Å². The fraction of sp³-hybridized carbons (Fsp3) is 0.321. The van der Waals surface area contributed by atoms with Crippen molar-refractivity contribution in [1.29, 1.82) is 0 Å². The first-order valence-electron chi connectivity index (χ1n) is 12.5. The first-order chi connectivity index (χ1) is 18.1. The van der Waals surface area contributed by atoms with Crippen molar-refractivity contribution in [2.24, 2.45) is 0 Å². The molecule has 1 fully saturated rings. The van der Waals surface area contributed by atoms with Crippen LogP contribution in [0.25, 0.3) is 11.0 Å². The van der Waals surface area contributed by atoms with Crippen molar-refractivity contribution in [2.75, 3.05) is 20.2 Å². The second-order valence-electron chi connectivity index (χ2n) is 9.67. The molecule has 3 heterocycles. The van der Waals surface area contributed by atoms with E-state index in [4.69, 9.17) is 4.74 Å². The summed E-state index contributed by atoms with van der Waals surface area (Å²) in [5, 5.41) is 12.0. The Balaban J connectivity index is 1.21. The normalized spacial score (nSPS) is 20.2. The lowest BCUT2D eigenvalue weighted by Crippen LogP contribution is -2.52. The molecule has 1 aliphatic heterocycles. The Bertz CT molecular complexity index is 1410. The molecule has 9 nitrogen and oxygen atoms in total. The van der Waals surface area contributed by atoms with E-state index < -0.39 is 0 Å². The van der Waals surface area contributed by atoms with Gasteiger partial charge < -0.3 is 15.0 Å². The van der Waals surface area contributed by atoms with Crippen molar-refractivity contribution in [3.05, 3.63) is 89.7 Å². The fourth-order valence-corrected chi connectivity index (χ4v) is 5.99. The van der Waals surface area contributed by atoms with Crippen LogP contribution in [0, 0.1) is 0 Å². The number of carbonyl (C=O) groups excluding carboxylic acids is 2. The highest BCUT2D eigenvalue weighted by atomic mass is 16.5. The second-order valence-corrected chi connectivity index (χ2v) is 9.67. The molecule has 4 aromatic rings. The van der Waals surface area contributed by atoms with Gasteiger partial charge in [0.1, 0.15) is 23.3 Å². The molecule has 188 valence electrons. The molecule has 2 atom stereocenters. The first-order valence-corrected chi connectivity index (χ1v) is 12.5. The number of fused-ring (bicyclic) bond motifs is 3. The summed E-state index contributed by atoms with van der Waals surface area (Å²) < 4.78 is 6.10. The van der Waals surface area contributed by atoms with Crippen LogP contribution in [0.4, 0.5) is 0 Å². The summed E-state index contributed by atoms with van der Waals surface area (Å²) in [6, 6.07) is 20.8. The van der Waals surface area contributed by atoms with E-state index >= 15 is 0 Å². The number of rotatable bonds is 5. The van der Waals surface area contributed by atoms with Crippen molar-refractivity contribution in [3.8, 4) is 0 Å². The Morgan fingerprint density at radius 1 is 0.973 bits per heavy atom. The van der Waals surface area contributed by atoms with Crippen LogP contribution in [-0.2, 0) is 21.5 Å². The monoisotopic (exact) mass is 496 g/mol. The highest BCUT2D eigenvalue weighted by Gasteiger charge is 2.54. The van der Waals surface area contributed by atoms with E-state index in [1.165, 1.54) is 10.4 Å². The summed E-state index contributed by atoms with van der Waals surface area (Å²) in [7, 11) is 1.70. The number of amides is 2. The average Bonchev–Trinajstić information content (AvgIpc) is 3.46. The SMILES string of the molecule is CO[C@H]1[C@H](NC(=O)c2ccccn2)c2ccccc2C12CCN(C(=O)Cn1nc3ccccc3n1)CC2. The van der Waals surface area contributed by atoms with Gasteiger partial charge in [-0.05, 0) is 48.2 Å². The second kappa shape index (κ2) is 9.40. The zero-order valence-electron chi connectivity index (χ0n) is 20.6. The molecule has 37 heavy (non-hydrogen) atoms. The average molecular weight is 497 g/mol. The lowest BCUT2D eigenvalue weighted by molar-refractivity contribution is -0.135. The third-order valence-corrected chi connectivity index (χ3v) is 7.73. The van der Waals surface area contributed by atoms with E-state index in [1.807, 2.05) is 41.3 Å². The number of nitrogens with one attached hydrogen (secondary N) is 1. The van der Waals surface area contributed by atoms with Gasteiger partial charge in [0.2, 0.25) is 5.91 Å². The smallest absolute Gasteiger partial charge is 0.270 e. The zero-order valence-corrected chi connectivity index (χ0v) is 20.6. The van der Waals surface area contributed by atoms with Gasteiger partial charge in [0, 0.05) is 31.8 Å². The Kier molecular flexibility index (Phi) is 5.92. The third kappa shape index (κ3) is 4.05. The highest BCUT2D eigenvalue weighted by molar-refractivity contribution is 5.92. The topological polar surface area (TPSA) is 102 Å². The molecule has 1 N–H and O–H groups in total. The van der Waals surface area contributed by atoms with Crippen LogP contribution < -0.4 is 5.32 Å². The van der Waals surface area contributed by atoms with Gasteiger partial charge in [-0.15, -0.1) is 0 Å². The standard InChI is InChI=1S/C28H28N6O3/c1-37-26-25(30-27(36)23-12-6-7-15-29-23)19-8-2-3-9-20(19)28(26)13-16-33(17-14-28)24(35)18-34-31-21-10-4-5-11-22(21)32-34/h2-12,15,25-26H,13-14,16-18H2,1H3,(H,30,36)/t25-,26+/m1/s1. The number of piperidine rings is 1. The first kappa shape index (κ1) is 23.3. The molecule has 2 aromatic carbocycles. The zero-order chi connectivity index (χ0) is 25.4. The van der Waals surface area contributed by atoms with Crippen LogP contribution in [0.5, 0.6) is 0 Å². The van der Waals surface area contributed by atoms with E-state index in [1.54, 1.807) is 31.5 Å². The largest absolute Gasteiger partial charge is 0.378 e. The molecule has 0 unspecified atom stereocenters. The third-order valence-electron chi connectivity index (χ3n) is 7.73. The molecular weight excluding hydrogens is 468 g/mol. The molecule has 1 saturated heterocycles. The fourth-order valence-electron chi connectivity index (χ4n) is 5.99. The summed E-state index contributed by atoms with van der Waals surface area (Å²) in [6.45, 7) is 1.29. The Labute approximate surface area is 214 Å². The van der Waals surface area contributed by atoms with Crippen LogP contribution in [-0.4, -0.2) is 63.0 Å². The molecule has 9 heteroatoms. The number of hydrogen-bond acceptors (Lipinski definition) is 6. The number of nitrogens with zero attached hydrogens (tertiary/aromatic N) is 5.